The van der Waals surface area contributed by atoms with Crippen molar-refractivity contribution < 1.29 is 9.90 Å². The Morgan fingerprint density at radius 3 is 3.00 bits per heavy atom. The molecule has 1 atom stereocenters. The van der Waals surface area contributed by atoms with Gasteiger partial charge in [-0.1, -0.05) is 22.0 Å². The van der Waals surface area contributed by atoms with Crippen LogP contribution in [0.1, 0.15) is 16.8 Å². The fourth-order valence-corrected chi connectivity index (χ4v) is 2.49. The van der Waals surface area contributed by atoms with Crippen molar-refractivity contribution in [1.82, 2.24) is 4.90 Å². The summed E-state index contributed by atoms with van der Waals surface area (Å²) in [5.74, 6) is 0.711. The first-order valence-corrected chi connectivity index (χ1v) is 6.47. The zero-order valence-corrected chi connectivity index (χ0v) is 10.5. The number of nitrogens with zero attached hydrogens (tertiary/aromatic N) is 1. The molecule has 1 aromatic carbocycles. The number of phenols is 1. The number of halogens is 1. The van der Waals surface area contributed by atoms with Crippen molar-refractivity contribution in [2.24, 2.45) is 5.92 Å². The van der Waals surface area contributed by atoms with Crippen molar-refractivity contribution in [2.75, 3.05) is 18.4 Å². The van der Waals surface area contributed by atoms with Crippen molar-refractivity contribution in [3.05, 3.63) is 29.8 Å². The van der Waals surface area contributed by atoms with E-state index in [1.165, 1.54) is 6.07 Å². The summed E-state index contributed by atoms with van der Waals surface area (Å²) in [6.45, 7) is 1.62. The lowest BCUT2D eigenvalue weighted by molar-refractivity contribution is 0.0788. The van der Waals surface area contributed by atoms with Gasteiger partial charge in [-0.2, -0.15) is 0 Å². The van der Waals surface area contributed by atoms with Crippen LogP contribution in [0.5, 0.6) is 5.75 Å². The summed E-state index contributed by atoms with van der Waals surface area (Å²) < 4.78 is 0. The van der Waals surface area contributed by atoms with Crippen LogP contribution in [0.4, 0.5) is 0 Å². The monoisotopic (exact) mass is 283 g/mol. The summed E-state index contributed by atoms with van der Waals surface area (Å²) >= 11 is 3.44. The van der Waals surface area contributed by atoms with Crippen molar-refractivity contribution in [1.29, 1.82) is 0 Å². The lowest BCUT2D eigenvalue weighted by atomic mass is 10.1. The number of amides is 1. The standard InChI is InChI=1S/C12H14BrNO2/c13-7-9-4-5-14(8-9)12(16)10-2-1-3-11(15)6-10/h1-3,6,9,15H,4-5,7-8H2. The van der Waals surface area contributed by atoms with E-state index in [4.69, 9.17) is 0 Å². The van der Waals surface area contributed by atoms with E-state index in [1.54, 1.807) is 18.2 Å². The molecule has 1 N–H and O–H groups in total. The lowest BCUT2D eigenvalue weighted by Crippen LogP contribution is -2.28. The van der Waals surface area contributed by atoms with Gasteiger partial charge >= 0.3 is 0 Å². The number of carbonyl (C=O) groups is 1. The highest BCUT2D eigenvalue weighted by atomic mass is 79.9. The van der Waals surface area contributed by atoms with Crippen LogP contribution in [0, 0.1) is 5.92 Å². The van der Waals surface area contributed by atoms with Gasteiger partial charge in [-0.25, -0.2) is 0 Å². The van der Waals surface area contributed by atoms with Crippen LogP contribution in [0.3, 0.4) is 0 Å². The minimum absolute atomic E-state index is 0.0133. The largest absolute Gasteiger partial charge is 0.508 e. The van der Waals surface area contributed by atoms with E-state index in [0.717, 1.165) is 24.8 Å². The van der Waals surface area contributed by atoms with Crippen molar-refractivity contribution in [3.63, 3.8) is 0 Å². The van der Waals surface area contributed by atoms with Crippen LogP contribution in [0.15, 0.2) is 24.3 Å². The number of benzene rings is 1. The molecule has 4 heteroatoms. The predicted octanol–water partition coefficient (Wildman–Crippen LogP) is 2.25. The fourth-order valence-electron chi connectivity index (χ4n) is 1.96. The van der Waals surface area contributed by atoms with Gasteiger partial charge in [0.15, 0.2) is 0 Å². The highest BCUT2D eigenvalue weighted by Crippen LogP contribution is 2.21. The molecule has 1 aliphatic heterocycles. The summed E-state index contributed by atoms with van der Waals surface area (Å²) in [7, 11) is 0. The minimum Gasteiger partial charge on any atom is -0.508 e. The Labute approximate surface area is 103 Å². The Morgan fingerprint density at radius 2 is 2.38 bits per heavy atom. The molecule has 0 spiro atoms. The number of likely N-dealkylation sites (tertiary alicyclic amines) is 1. The average molecular weight is 284 g/mol. The predicted molar refractivity (Wildman–Crippen MR) is 65.9 cm³/mol. The van der Waals surface area contributed by atoms with E-state index in [-0.39, 0.29) is 11.7 Å². The highest BCUT2D eigenvalue weighted by Gasteiger charge is 2.26. The molecule has 0 saturated carbocycles. The molecule has 1 aromatic rings. The van der Waals surface area contributed by atoms with Gasteiger partial charge in [-0.15, -0.1) is 0 Å². The number of hydrogen-bond donors (Lipinski definition) is 1. The number of hydrogen-bond acceptors (Lipinski definition) is 2. The summed E-state index contributed by atoms with van der Waals surface area (Å²) in [6.07, 6.45) is 1.05. The van der Waals surface area contributed by atoms with Gasteiger partial charge in [-0.3, -0.25) is 4.79 Å². The quantitative estimate of drug-likeness (QED) is 0.846. The molecule has 0 bridgehead atoms. The number of phenolic OH excluding ortho intramolecular Hbond substituents is 1. The summed E-state index contributed by atoms with van der Waals surface area (Å²) in [4.78, 5) is 13.9. The summed E-state index contributed by atoms with van der Waals surface area (Å²) in [5, 5.41) is 10.3. The third-order valence-electron chi connectivity index (χ3n) is 2.88. The fraction of sp³-hybridized carbons (Fsp3) is 0.417. The van der Waals surface area contributed by atoms with Crippen LogP contribution < -0.4 is 0 Å². The Morgan fingerprint density at radius 1 is 1.56 bits per heavy atom. The van der Waals surface area contributed by atoms with E-state index in [0.29, 0.717) is 11.5 Å². The topological polar surface area (TPSA) is 40.5 Å². The van der Waals surface area contributed by atoms with E-state index in [2.05, 4.69) is 15.9 Å². The molecular weight excluding hydrogens is 270 g/mol. The maximum absolute atomic E-state index is 12.1. The maximum atomic E-state index is 12.1. The van der Waals surface area contributed by atoms with E-state index in [9.17, 15) is 9.90 Å². The normalized spacial score (nSPS) is 20.1. The highest BCUT2D eigenvalue weighted by molar-refractivity contribution is 9.09. The molecule has 1 unspecified atom stereocenters. The molecule has 2 rings (SSSR count). The SMILES string of the molecule is O=C(c1cccc(O)c1)N1CCC(CBr)C1. The molecule has 86 valence electrons. The molecular formula is C12H14BrNO2. The van der Waals surface area contributed by atoms with Crippen LogP contribution in [0.2, 0.25) is 0 Å². The zero-order valence-electron chi connectivity index (χ0n) is 8.90. The molecule has 0 aromatic heterocycles. The smallest absolute Gasteiger partial charge is 0.253 e. The molecule has 3 nitrogen and oxygen atoms in total. The molecule has 0 aliphatic carbocycles. The minimum atomic E-state index is 0.0133. The van der Waals surface area contributed by atoms with Crippen molar-refractivity contribution in [2.45, 2.75) is 6.42 Å². The van der Waals surface area contributed by atoms with Crippen LogP contribution in [-0.4, -0.2) is 34.3 Å². The van der Waals surface area contributed by atoms with Gasteiger partial charge in [0.1, 0.15) is 5.75 Å². The van der Waals surface area contributed by atoms with Crippen LogP contribution in [0.25, 0.3) is 0 Å². The number of carbonyl (C=O) groups excluding carboxylic acids is 1. The first-order valence-electron chi connectivity index (χ1n) is 5.35. The van der Waals surface area contributed by atoms with Gasteiger partial charge in [0.2, 0.25) is 0 Å². The van der Waals surface area contributed by atoms with Crippen molar-refractivity contribution in [3.8, 4) is 5.75 Å². The first-order chi connectivity index (χ1) is 7.70. The number of alkyl halides is 1. The molecule has 1 amide bonds. The van der Waals surface area contributed by atoms with Gasteiger partial charge in [0, 0.05) is 24.0 Å². The lowest BCUT2D eigenvalue weighted by Gasteiger charge is -2.16. The molecule has 1 heterocycles. The first kappa shape index (κ1) is 11.5. The number of aromatic hydroxyl groups is 1. The van der Waals surface area contributed by atoms with Gasteiger partial charge < -0.3 is 10.0 Å². The Balaban J connectivity index is 2.08. The third-order valence-corrected chi connectivity index (χ3v) is 3.80. The van der Waals surface area contributed by atoms with E-state index < -0.39 is 0 Å². The Kier molecular flexibility index (Phi) is 3.49. The van der Waals surface area contributed by atoms with E-state index >= 15 is 0 Å². The second kappa shape index (κ2) is 4.87. The van der Waals surface area contributed by atoms with Gasteiger partial charge in [-0.05, 0) is 30.5 Å². The van der Waals surface area contributed by atoms with Gasteiger partial charge in [0.05, 0.1) is 0 Å². The van der Waals surface area contributed by atoms with Crippen LogP contribution in [-0.2, 0) is 0 Å². The maximum Gasteiger partial charge on any atom is 0.253 e. The molecule has 1 aliphatic rings. The molecule has 1 fully saturated rings. The molecule has 16 heavy (non-hydrogen) atoms. The summed E-state index contributed by atoms with van der Waals surface area (Å²) in [6, 6.07) is 6.52. The van der Waals surface area contributed by atoms with Crippen molar-refractivity contribution >= 4 is 21.8 Å². The molecule has 1 saturated heterocycles. The van der Waals surface area contributed by atoms with Crippen LogP contribution >= 0.6 is 15.9 Å². The Bertz CT molecular complexity index is 394. The van der Waals surface area contributed by atoms with Gasteiger partial charge in [0.25, 0.3) is 5.91 Å². The van der Waals surface area contributed by atoms with E-state index in [1.807, 2.05) is 4.90 Å². The third kappa shape index (κ3) is 2.38. The number of rotatable bonds is 2. The zero-order chi connectivity index (χ0) is 11.5. The summed E-state index contributed by atoms with van der Waals surface area (Å²) in [5.41, 5.74) is 0.565. The average Bonchev–Trinajstić information content (AvgIpc) is 2.76. The Hall–Kier alpha value is -1.03. The second-order valence-electron chi connectivity index (χ2n) is 4.11. The second-order valence-corrected chi connectivity index (χ2v) is 4.76. The molecule has 0 radical (unpaired) electrons.